The van der Waals surface area contributed by atoms with Gasteiger partial charge in [-0.05, 0) is 31.2 Å². The zero-order valence-electron chi connectivity index (χ0n) is 9.07. The minimum absolute atomic E-state index is 0.779. The van der Waals surface area contributed by atoms with Crippen LogP contribution >= 0.6 is 22.7 Å². The first-order valence-electron chi connectivity index (χ1n) is 4.86. The van der Waals surface area contributed by atoms with E-state index >= 15 is 0 Å². The summed E-state index contributed by atoms with van der Waals surface area (Å²) >= 11 is 3.31. The first kappa shape index (κ1) is 12.0. The third-order valence-electron chi connectivity index (χ3n) is 1.70. The number of aryl methyl sites for hydroxylation is 1. The Labute approximate surface area is 98.6 Å². The minimum atomic E-state index is 0.779. The van der Waals surface area contributed by atoms with Gasteiger partial charge in [-0.2, -0.15) is 5.26 Å². The molecular formula is C12H13NS2. The molecule has 78 valence electrons. The second-order valence-corrected chi connectivity index (χ2v) is 5.06. The lowest BCUT2D eigenvalue weighted by Crippen LogP contribution is -1.56. The van der Waals surface area contributed by atoms with Crippen molar-refractivity contribution in [1.29, 1.82) is 5.26 Å². The fraction of sp³-hybridized carbons (Fsp3) is 0.250. The Kier molecular flexibility index (Phi) is 4.54. The highest BCUT2D eigenvalue weighted by molar-refractivity contribution is 7.22. The van der Waals surface area contributed by atoms with E-state index in [1.807, 2.05) is 26.0 Å². The van der Waals surface area contributed by atoms with Gasteiger partial charge in [0, 0.05) is 14.6 Å². The fourth-order valence-corrected chi connectivity index (χ4v) is 2.86. The highest BCUT2D eigenvalue weighted by Crippen LogP contribution is 2.32. The van der Waals surface area contributed by atoms with E-state index in [1.165, 1.54) is 14.6 Å². The average Bonchev–Trinajstić information content (AvgIpc) is 2.88. The quantitative estimate of drug-likeness (QED) is 0.704. The van der Waals surface area contributed by atoms with E-state index in [-0.39, 0.29) is 0 Å². The van der Waals surface area contributed by atoms with Crippen molar-refractivity contribution in [3.8, 4) is 15.8 Å². The Morgan fingerprint density at radius 2 is 1.60 bits per heavy atom. The summed E-state index contributed by atoms with van der Waals surface area (Å²) in [5, 5.41) is 8.67. The van der Waals surface area contributed by atoms with Gasteiger partial charge < -0.3 is 0 Å². The summed E-state index contributed by atoms with van der Waals surface area (Å²) in [6, 6.07) is 10.2. The van der Waals surface area contributed by atoms with Crippen LogP contribution in [-0.2, 0) is 0 Å². The summed E-state index contributed by atoms with van der Waals surface area (Å²) in [4.78, 5) is 4.53. The number of nitrogens with zero attached hydrogens (tertiary/aromatic N) is 1. The first-order chi connectivity index (χ1) is 7.29. The molecule has 0 fully saturated rings. The van der Waals surface area contributed by atoms with Crippen LogP contribution in [0.2, 0.25) is 0 Å². The Morgan fingerprint density at radius 1 is 1.00 bits per heavy atom. The van der Waals surface area contributed by atoms with Gasteiger partial charge in [-0.25, -0.2) is 0 Å². The Bertz CT molecular complexity index is 460. The second-order valence-electron chi connectivity index (χ2n) is 2.69. The van der Waals surface area contributed by atoms with Crippen LogP contribution in [0.1, 0.15) is 23.6 Å². The monoisotopic (exact) mass is 235 g/mol. The maximum absolute atomic E-state index is 8.67. The van der Waals surface area contributed by atoms with Gasteiger partial charge in [-0.15, -0.1) is 22.7 Å². The van der Waals surface area contributed by atoms with Gasteiger partial charge in [-0.1, -0.05) is 13.8 Å². The molecule has 0 saturated carbocycles. The number of hydrogen-bond donors (Lipinski definition) is 0. The molecule has 3 heteroatoms. The lowest BCUT2D eigenvalue weighted by Gasteiger charge is -1.86. The van der Waals surface area contributed by atoms with Gasteiger partial charge in [0.05, 0.1) is 0 Å². The second kappa shape index (κ2) is 5.69. The molecule has 2 aromatic heterocycles. The molecule has 0 bridgehead atoms. The fourth-order valence-electron chi connectivity index (χ4n) is 1.10. The predicted octanol–water partition coefficient (Wildman–Crippen LogP) is 4.68. The molecule has 2 heterocycles. The molecule has 0 aliphatic carbocycles. The van der Waals surface area contributed by atoms with Crippen molar-refractivity contribution in [1.82, 2.24) is 0 Å². The average molecular weight is 235 g/mol. The summed E-state index contributed by atoms with van der Waals surface area (Å²) in [6.45, 7) is 6.09. The molecule has 0 atom stereocenters. The smallest absolute Gasteiger partial charge is 0.110 e. The Hall–Kier alpha value is -1.11. The van der Waals surface area contributed by atoms with E-state index < -0.39 is 0 Å². The van der Waals surface area contributed by atoms with Crippen LogP contribution in [0.3, 0.4) is 0 Å². The van der Waals surface area contributed by atoms with Gasteiger partial charge in [-0.3, -0.25) is 0 Å². The number of nitriles is 1. The van der Waals surface area contributed by atoms with Crippen molar-refractivity contribution >= 4 is 22.7 Å². The maximum atomic E-state index is 8.67. The van der Waals surface area contributed by atoms with Gasteiger partial charge >= 0.3 is 0 Å². The SMILES string of the molecule is CC.Cc1ccc(-c2ccc(C#N)s2)s1. The summed E-state index contributed by atoms with van der Waals surface area (Å²) in [6.07, 6.45) is 0. The van der Waals surface area contributed by atoms with Crippen LogP contribution in [0, 0.1) is 18.3 Å². The van der Waals surface area contributed by atoms with Crippen molar-refractivity contribution in [3.63, 3.8) is 0 Å². The molecule has 0 aromatic carbocycles. The molecule has 0 aliphatic rings. The number of hydrogen-bond acceptors (Lipinski definition) is 3. The van der Waals surface area contributed by atoms with Crippen molar-refractivity contribution in [2.75, 3.05) is 0 Å². The number of rotatable bonds is 1. The summed E-state index contributed by atoms with van der Waals surface area (Å²) < 4.78 is 0. The highest BCUT2D eigenvalue weighted by Gasteiger charge is 2.03. The van der Waals surface area contributed by atoms with E-state index in [2.05, 4.69) is 25.1 Å². The van der Waals surface area contributed by atoms with Crippen LogP contribution in [0.15, 0.2) is 24.3 Å². The van der Waals surface area contributed by atoms with Crippen molar-refractivity contribution in [2.24, 2.45) is 0 Å². The Morgan fingerprint density at radius 3 is 2.07 bits per heavy atom. The van der Waals surface area contributed by atoms with E-state index in [1.54, 1.807) is 22.7 Å². The minimum Gasteiger partial charge on any atom is -0.192 e. The van der Waals surface area contributed by atoms with Crippen molar-refractivity contribution in [3.05, 3.63) is 34.0 Å². The van der Waals surface area contributed by atoms with Crippen LogP contribution in [0.5, 0.6) is 0 Å². The molecule has 0 N–H and O–H groups in total. The zero-order chi connectivity index (χ0) is 11.3. The molecule has 1 nitrogen and oxygen atoms in total. The first-order valence-corrected chi connectivity index (χ1v) is 6.49. The van der Waals surface area contributed by atoms with E-state index in [0.717, 1.165) is 4.88 Å². The standard InChI is InChI=1S/C10H7NS2.C2H6/c1-7-2-4-9(12-7)10-5-3-8(6-11)13-10;1-2/h2-5H,1H3;1-2H3. The molecule has 0 saturated heterocycles. The van der Waals surface area contributed by atoms with Crippen LogP contribution in [0.4, 0.5) is 0 Å². The molecule has 0 spiro atoms. The van der Waals surface area contributed by atoms with Gasteiger partial charge in [0.15, 0.2) is 0 Å². The number of thiophene rings is 2. The van der Waals surface area contributed by atoms with Crippen molar-refractivity contribution in [2.45, 2.75) is 20.8 Å². The third kappa shape index (κ3) is 2.92. The largest absolute Gasteiger partial charge is 0.192 e. The molecular weight excluding hydrogens is 222 g/mol. The zero-order valence-corrected chi connectivity index (χ0v) is 10.7. The maximum Gasteiger partial charge on any atom is 0.110 e. The van der Waals surface area contributed by atoms with Gasteiger partial charge in [0.1, 0.15) is 10.9 Å². The molecule has 2 rings (SSSR count). The van der Waals surface area contributed by atoms with E-state index in [0.29, 0.717) is 0 Å². The highest BCUT2D eigenvalue weighted by atomic mass is 32.1. The van der Waals surface area contributed by atoms with Crippen LogP contribution < -0.4 is 0 Å². The molecule has 15 heavy (non-hydrogen) atoms. The molecule has 0 amide bonds. The van der Waals surface area contributed by atoms with Crippen molar-refractivity contribution < 1.29 is 0 Å². The lowest BCUT2D eigenvalue weighted by atomic mass is 10.3. The Balaban J connectivity index is 0.000000531. The molecule has 0 unspecified atom stereocenters. The summed E-state index contributed by atoms with van der Waals surface area (Å²) in [5.74, 6) is 0. The summed E-state index contributed by atoms with van der Waals surface area (Å²) in [7, 11) is 0. The summed E-state index contributed by atoms with van der Waals surface area (Å²) in [5.41, 5.74) is 0. The van der Waals surface area contributed by atoms with Gasteiger partial charge in [0.25, 0.3) is 0 Å². The van der Waals surface area contributed by atoms with Crippen LogP contribution in [-0.4, -0.2) is 0 Å². The van der Waals surface area contributed by atoms with E-state index in [9.17, 15) is 0 Å². The molecule has 2 aromatic rings. The molecule has 0 aliphatic heterocycles. The van der Waals surface area contributed by atoms with Crippen LogP contribution in [0.25, 0.3) is 9.75 Å². The lowest BCUT2D eigenvalue weighted by molar-refractivity contribution is 1.50. The topological polar surface area (TPSA) is 23.8 Å². The third-order valence-corrected chi connectivity index (χ3v) is 3.89. The predicted molar refractivity (Wildman–Crippen MR) is 68.4 cm³/mol. The molecule has 0 radical (unpaired) electrons. The van der Waals surface area contributed by atoms with E-state index in [4.69, 9.17) is 5.26 Å². The van der Waals surface area contributed by atoms with Gasteiger partial charge in [0.2, 0.25) is 0 Å². The normalized spacial score (nSPS) is 8.93.